The molecule has 0 aliphatic heterocycles. The van der Waals surface area contributed by atoms with Crippen LogP contribution in [0.1, 0.15) is 17.9 Å². The first-order valence-corrected chi connectivity index (χ1v) is 7.30. The molecule has 4 heteroatoms. The van der Waals surface area contributed by atoms with Crippen LogP contribution < -0.4 is 5.32 Å². The molecule has 1 N–H and O–H groups in total. The topological polar surface area (TPSA) is 70.0 Å². The number of benzene rings is 2. The van der Waals surface area contributed by atoms with Crippen LogP contribution >= 0.6 is 0 Å². The second-order valence-corrected chi connectivity index (χ2v) is 5.60. The van der Waals surface area contributed by atoms with E-state index in [9.17, 15) is 9.59 Å². The van der Waals surface area contributed by atoms with E-state index in [-0.39, 0.29) is 17.6 Å². The van der Waals surface area contributed by atoms with Gasteiger partial charge in [0.05, 0.1) is 6.07 Å². The van der Waals surface area contributed by atoms with Crippen molar-refractivity contribution >= 4 is 22.5 Å². The SMILES string of the molecule is CNC(=O)C(C#N)C(=O)C1CC1c1cccc2ccccc12. The van der Waals surface area contributed by atoms with Gasteiger partial charge in [-0.3, -0.25) is 9.59 Å². The third-order valence-electron chi connectivity index (χ3n) is 4.30. The summed E-state index contributed by atoms with van der Waals surface area (Å²) in [6.45, 7) is 0. The van der Waals surface area contributed by atoms with Gasteiger partial charge >= 0.3 is 0 Å². The van der Waals surface area contributed by atoms with E-state index in [1.165, 1.54) is 7.05 Å². The van der Waals surface area contributed by atoms with Gasteiger partial charge in [0.15, 0.2) is 11.7 Å². The molecule has 2 aromatic carbocycles. The van der Waals surface area contributed by atoms with E-state index in [1.54, 1.807) is 0 Å². The van der Waals surface area contributed by atoms with Gasteiger partial charge in [0.1, 0.15) is 0 Å². The summed E-state index contributed by atoms with van der Waals surface area (Å²) in [5.41, 5.74) is 1.13. The second-order valence-electron chi connectivity index (χ2n) is 5.60. The number of ketones is 1. The minimum Gasteiger partial charge on any atom is -0.358 e. The molecule has 1 fully saturated rings. The van der Waals surface area contributed by atoms with E-state index in [2.05, 4.69) is 5.32 Å². The van der Waals surface area contributed by atoms with Crippen LogP contribution in [-0.2, 0) is 9.59 Å². The Bertz CT molecular complexity index is 786. The van der Waals surface area contributed by atoms with Crippen molar-refractivity contribution in [1.29, 1.82) is 5.26 Å². The molecule has 110 valence electrons. The summed E-state index contributed by atoms with van der Waals surface area (Å²) in [5.74, 6) is -2.10. The quantitative estimate of drug-likeness (QED) is 0.880. The van der Waals surface area contributed by atoms with Crippen LogP contribution in [0.3, 0.4) is 0 Å². The fraction of sp³-hybridized carbons (Fsp3) is 0.278. The number of nitrogens with zero attached hydrogens (tertiary/aromatic N) is 1. The number of carbonyl (C=O) groups excluding carboxylic acids is 2. The molecule has 1 saturated carbocycles. The van der Waals surface area contributed by atoms with Crippen molar-refractivity contribution < 1.29 is 9.59 Å². The van der Waals surface area contributed by atoms with E-state index in [0.717, 1.165) is 16.3 Å². The van der Waals surface area contributed by atoms with Crippen LogP contribution in [0.25, 0.3) is 10.8 Å². The molecule has 4 nitrogen and oxygen atoms in total. The minimum atomic E-state index is -1.20. The minimum absolute atomic E-state index is 0.110. The maximum atomic E-state index is 12.4. The summed E-state index contributed by atoms with van der Waals surface area (Å²) in [6.07, 6.45) is 0.710. The fourth-order valence-corrected chi connectivity index (χ4v) is 3.04. The number of fused-ring (bicyclic) bond motifs is 1. The number of nitriles is 1. The molecule has 1 amide bonds. The largest absolute Gasteiger partial charge is 0.358 e. The molecule has 1 aliphatic rings. The van der Waals surface area contributed by atoms with Gasteiger partial charge in [0.25, 0.3) is 0 Å². The molecule has 3 rings (SSSR count). The maximum absolute atomic E-state index is 12.4. The summed E-state index contributed by atoms with van der Waals surface area (Å²) < 4.78 is 0. The predicted molar refractivity (Wildman–Crippen MR) is 83.0 cm³/mol. The average Bonchev–Trinajstić information content (AvgIpc) is 3.35. The Hall–Kier alpha value is -2.67. The van der Waals surface area contributed by atoms with Crippen molar-refractivity contribution in [3.63, 3.8) is 0 Å². The molecule has 0 spiro atoms. The molecule has 0 aromatic heterocycles. The summed E-state index contributed by atoms with van der Waals surface area (Å²) in [5, 5.41) is 13.7. The molecular weight excluding hydrogens is 276 g/mol. The molecule has 3 atom stereocenters. The Labute approximate surface area is 128 Å². The summed E-state index contributed by atoms with van der Waals surface area (Å²) in [4.78, 5) is 24.0. The van der Waals surface area contributed by atoms with Crippen LogP contribution in [0, 0.1) is 23.2 Å². The van der Waals surface area contributed by atoms with Crippen molar-refractivity contribution in [2.45, 2.75) is 12.3 Å². The number of carbonyl (C=O) groups is 2. The van der Waals surface area contributed by atoms with Gasteiger partial charge in [0, 0.05) is 13.0 Å². The highest BCUT2D eigenvalue weighted by molar-refractivity contribution is 6.06. The Morgan fingerprint density at radius 3 is 2.68 bits per heavy atom. The lowest BCUT2D eigenvalue weighted by atomic mass is 9.95. The van der Waals surface area contributed by atoms with Crippen molar-refractivity contribution in [2.75, 3.05) is 7.05 Å². The van der Waals surface area contributed by atoms with Gasteiger partial charge in [-0.05, 0) is 28.7 Å². The molecule has 0 heterocycles. The van der Waals surface area contributed by atoms with Crippen molar-refractivity contribution in [3.05, 3.63) is 48.0 Å². The summed E-state index contributed by atoms with van der Waals surface area (Å²) >= 11 is 0. The van der Waals surface area contributed by atoms with E-state index in [0.29, 0.717) is 6.42 Å². The maximum Gasteiger partial charge on any atom is 0.244 e. The fourth-order valence-electron chi connectivity index (χ4n) is 3.04. The van der Waals surface area contributed by atoms with Gasteiger partial charge in [-0.2, -0.15) is 5.26 Å². The Balaban J connectivity index is 1.86. The third-order valence-corrected chi connectivity index (χ3v) is 4.30. The average molecular weight is 292 g/mol. The molecule has 0 saturated heterocycles. The zero-order valence-electron chi connectivity index (χ0n) is 12.2. The summed E-state index contributed by atoms with van der Waals surface area (Å²) in [6, 6.07) is 15.9. The van der Waals surface area contributed by atoms with Crippen LogP contribution in [0.5, 0.6) is 0 Å². The van der Waals surface area contributed by atoms with Crippen molar-refractivity contribution in [1.82, 2.24) is 5.32 Å². The first-order valence-electron chi connectivity index (χ1n) is 7.30. The van der Waals surface area contributed by atoms with Crippen LogP contribution in [0.15, 0.2) is 42.5 Å². The lowest BCUT2D eigenvalue weighted by molar-refractivity contribution is -0.132. The summed E-state index contributed by atoms with van der Waals surface area (Å²) in [7, 11) is 1.44. The molecular formula is C18H16N2O2. The number of rotatable bonds is 4. The highest BCUT2D eigenvalue weighted by atomic mass is 16.2. The normalized spacial score (nSPS) is 20.9. The first-order chi connectivity index (χ1) is 10.7. The lowest BCUT2D eigenvalue weighted by Gasteiger charge is -2.08. The highest BCUT2D eigenvalue weighted by Crippen LogP contribution is 2.50. The number of hydrogen-bond acceptors (Lipinski definition) is 3. The zero-order chi connectivity index (χ0) is 15.7. The Kier molecular flexibility index (Phi) is 3.64. The van der Waals surface area contributed by atoms with Gasteiger partial charge in [0.2, 0.25) is 5.91 Å². The molecule has 22 heavy (non-hydrogen) atoms. The van der Waals surface area contributed by atoms with E-state index >= 15 is 0 Å². The number of amides is 1. The first kappa shape index (κ1) is 14.3. The zero-order valence-corrected chi connectivity index (χ0v) is 12.2. The van der Waals surface area contributed by atoms with Gasteiger partial charge < -0.3 is 5.32 Å². The van der Waals surface area contributed by atoms with Gasteiger partial charge in [-0.25, -0.2) is 0 Å². The molecule has 3 unspecified atom stereocenters. The van der Waals surface area contributed by atoms with Crippen molar-refractivity contribution in [3.8, 4) is 6.07 Å². The number of Topliss-reactive ketones (excluding diaryl/α,β-unsaturated/α-hetero) is 1. The van der Waals surface area contributed by atoms with E-state index < -0.39 is 11.8 Å². The standard InChI is InChI=1S/C18H16N2O2/c1-20-18(22)16(10-19)17(21)15-9-14(15)13-8-4-6-11-5-2-3-7-12(11)13/h2-8,14-16H,9H2,1H3,(H,20,22). The predicted octanol–water partition coefficient (Wildman–Crippen LogP) is 2.40. The second kappa shape index (κ2) is 5.61. The monoisotopic (exact) mass is 292 g/mol. The van der Waals surface area contributed by atoms with Crippen LogP contribution in [0.4, 0.5) is 0 Å². The molecule has 2 aromatic rings. The van der Waals surface area contributed by atoms with Crippen LogP contribution in [0.2, 0.25) is 0 Å². The number of nitrogens with one attached hydrogen (secondary N) is 1. The highest BCUT2D eigenvalue weighted by Gasteiger charge is 2.48. The number of hydrogen-bond donors (Lipinski definition) is 1. The van der Waals surface area contributed by atoms with E-state index in [4.69, 9.17) is 5.26 Å². The molecule has 0 bridgehead atoms. The Morgan fingerprint density at radius 2 is 1.95 bits per heavy atom. The van der Waals surface area contributed by atoms with Gasteiger partial charge in [-0.1, -0.05) is 42.5 Å². The Morgan fingerprint density at radius 1 is 1.23 bits per heavy atom. The molecule has 0 radical (unpaired) electrons. The van der Waals surface area contributed by atoms with Crippen LogP contribution in [-0.4, -0.2) is 18.7 Å². The smallest absolute Gasteiger partial charge is 0.244 e. The molecule has 1 aliphatic carbocycles. The third kappa shape index (κ3) is 2.35. The van der Waals surface area contributed by atoms with E-state index in [1.807, 2.05) is 48.5 Å². The lowest BCUT2D eigenvalue weighted by Crippen LogP contribution is -2.33. The van der Waals surface area contributed by atoms with Gasteiger partial charge in [-0.15, -0.1) is 0 Å². The van der Waals surface area contributed by atoms with Crippen molar-refractivity contribution in [2.24, 2.45) is 11.8 Å².